The van der Waals surface area contributed by atoms with Crippen molar-refractivity contribution in [2.75, 3.05) is 25.0 Å². The summed E-state index contributed by atoms with van der Waals surface area (Å²) in [7, 11) is 0. The molecule has 0 saturated heterocycles. The molecule has 1 saturated carbocycles. The van der Waals surface area contributed by atoms with Crippen LogP contribution in [0.15, 0.2) is 12.4 Å². The number of nitrogens with zero attached hydrogens (tertiary/aromatic N) is 3. The van der Waals surface area contributed by atoms with E-state index in [-0.39, 0.29) is 0 Å². The third kappa shape index (κ3) is 5.03. The fraction of sp³-hybridized carbons (Fsp3) is 0.824. The number of aromatic nitrogens is 2. The van der Waals surface area contributed by atoms with E-state index in [1.165, 1.54) is 24.9 Å². The van der Waals surface area contributed by atoms with E-state index < -0.39 is 0 Å². The zero-order valence-corrected chi connectivity index (χ0v) is 14.2. The van der Waals surface area contributed by atoms with Crippen molar-refractivity contribution in [3.63, 3.8) is 0 Å². The third-order valence-electron chi connectivity index (χ3n) is 4.72. The van der Waals surface area contributed by atoms with Crippen LogP contribution in [0.1, 0.15) is 47.0 Å². The van der Waals surface area contributed by atoms with Gasteiger partial charge in [-0.3, -0.25) is 4.68 Å². The fourth-order valence-electron chi connectivity index (χ4n) is 3.64. The molecule has 0 spiro atoms. The van der Waals surface area contributed by atoms with Crippen molar-refractivity contribution in [2.45, 2.75) is 59.5 Å². The van der Waals surface area contributed by atoms with Crippen LogP contribution in [-0.2, 0) is 6.54 Å². The van der Waals surface area contributed by atoms with Crippen molar-refractivity contribution in [1.82, 2.24) is 14.7 Å². The van der Waals surface area contributed by atoms with E-state index in [2.05, 4.69) is 53.9 Å². The van der Waals surface area contributed by atoms with E-state index in [0.29, 0.717) is 6.04 Å². The summed E-state index contributed by atoms with van der Waals surface area (Å²) in [6.45, 7) is 13.4. The van der Waals surface area contributed by atoms with Crippen LogP contribution in [0.25, 0.3) is 0 Å². The van der Waals surface area contributed by atoms with E-state index in [9.17, 15) is 0 Å². The summed E-state index contributed by atoms with van der Waals surface area (Å²) in [6.07, 6.45) is 8.09. The second kappa shape index (κ2) is 7.83. The maximum Gasteiger partial charge on any atom is 0.0728 e. The summed E-state index contributed by atoms with van der Waals surface area (Å²) in [5.41, 5.74) is 1.18. The summed E-state index contributed by atoms with van der Waals surface area (Å²) in [5, 5.41) is 8.17. The largest absolute Gasteiger partial charge is 0.380 e. The lowest BCUT2D eigenvalue weighted by atomic mass is 9.80. The zero-order valence-electron chi connectivity index (χ0n) is 14.2. The summed E-state index contributed by atoms with van der Waals surface area (Å²) in [6, 6.07) is 0.615. The van der Waals surface area contributed by atoms with Gasteiger partial charge in [-0.2, -0.15) is 5.10 Å². The zero-order chi connectivity index (χ0) is 15.2. The summed E-state index contributed by atoms with van der Waals surface area (Å²) < 4.78 is 2.07. The maximum atomic E-state index is 4.49. The molecule has 1 N–H and O–H groups in total. The molecule has 120 valence electrons. The fourth-order valence-corrected chi connectivity index (χ4v) is 3.64. The molecule has 2 unspecified atom stereocenters. The minimum Gasteiger partial charge on any atom is -0.380 e. The first kappa shape index (κ1) is 16.3. The van der Waals surface area contributed by atoms with Crippen LogP contribution < -0.4 is 5.32 Å². The molecule has 0 aliphatic heterocycles. The lowest BCUT2D eigenvalue weighted by Gasteiger charge is -2.32. The SMILES string of the molecule is CCN(CC)CCn1cc(NC2CC(C)CC(C)C2)cn1. The molecular weight excluding hydrogens is 260 g/mol. The van der Waals surface area contributed by atoms with Gasteiger partial charge in [0.25, 0.3) is 0 Å². The molecule has 4 heteroatoms. The number of likely N-dealkylation sites (N-methyl/N-ethyl adjacent to an activating group) is 1. The molecule has 1 heterocycles. The summed E-state index contributed by atoms with van der Waals surface area (Å²) in [4.78, 5) is 2.43. The van der Waals surface area contributed by atoms with Gasteiger partial charge in [-0.15, -0.1) is 0 Å². The first-order chi connectivity index (χ1) is 10.1. The number of anilines is 1. The van der Waals surface area contributed by atoms with Crippen molar-refractivity contribution in [1.29, 1.82) is 0 Å². The standard InChI is InChI=1S/C17H32N4/c1-5-20(6-2)7-8-21-13-17(12-18-21)19-16-10-14(3)9-15(4)11-16/h12-16,19H,5-11H2,1-4H3. The van der Waals surface area contributed by atoms with E-state index in [1.807, 2.05) is 6.20 Å². The molecule has 1 aliphatic rings. The van der Waals surface area contributed by atoms with Crippen molar-refractivity contribution < 1.29 is 0 Å². The molecule has 1 fully saturated rings. The molecule has 1 aliphatic carbocycles. The van der Waals surface area contributed by atoms with Crippen molar-refractivity contribution in [3.8, 4) is 0 Å². The first-order valence-electron chi connectivity index (χ1n) is 8.62. The molecule has 2 rings (SSSR count). The average molecular weight is 292 g/mol. The Morgan fingerprint density at radius 3 is 2.48 bits per heavy atom. The number of rotatable bonds is 7. The quantitative estimate of drug-likeness (QED) is 0.835. The number of hydrogen-bond donors (Lipinski definition) is 1. The first-order valence-corrected chi connectivity index (χ1v) is 8.62. The van der Waals surface area contributed by atoms with Gasteiger partial charge >= 0.3 is 0 Å². The van der Waals surface area contributed by atoms with Gasteiger partial charge in [0, 0.05) is 18.8 Å². The topological polar surface area (TPSA) is 33.1 Å². The molecule has 0 bridgehead atoms. The van der Waals surface area contributed by atoms with Crippen molar-refractivity contribution >= 4 is 5.69 Å². The molecular formula is C17H32N4. The van der Waals surface area contributed by atoms with E-state index in [0.717, 1.165) is 38.0 Å². The van der Waals surface area contributed by atoms with Crippen LogP contribution in [-0.4, -0.2) is 40.4 Å². The Hall–Kier alpha value is -1.03. The summed E-state index contributed by atoms with van der Waals surface area (Å²) in [5.74, 6) is 1.67. The minimum atomic E-state index is 0.615. The van der Waals surface area contributed by atoms with Crippen LogP contribution in [0.3, 0.4) is 0 Å². The number of nitrogens with one attached hydrogen (secondary N) is 1. The van der Waals surface area contributed by atoms with E-state index in [1.54, 1.807) is 0 Å². The molecule has 0 amide bonds. The van der Waals surface area contributed by atoms with Crippen LogP contribution in [0.2, 0.25) is 0 Å². The van der Waals surface area contributed by atoms with Crippen LogP contribution in [0.5, 0.6) is 0 Å². The highest BCUT2D eigenvalue weighted by Gasteiger charge is 2.23. The van der Waals surface area contributed by atoms with Gasteiger partial charge in [-0.1, -0.05) is 27.7 Å². The highest BCUT2D eigenvalue weighted by atomic mass is 15.3. The average Bonchev–Trinajstić information content (AvgIpc) is 2.86. The lowest BCUT2D eigenvalue weighted by molar-refractivity contribution is 0.280. The predicted octanol–water partition coefficient (Wildman–Crippen LogP) is 3.46. The van der Waals surface area contributed by atoms with Gasteiger partial charge < -0.3 is 10.2 Å². The van der Waals surface area contributed by atoms with Gasteiger partial charge in [0.15, 0.2) is 0 Å². The second-order valence-corrected chi connectivity index (χ2v) is 6.78. The maximum absolute atomic E-state index is 4.49. The predicted molar refractivity (Wildman–Crippen MR) is 89.6 cm³/mol. The van der Waals surface area contributed by atoms with Gasteiger partial charge in [-0.05, 0) is 44.2 Å². The lowest BCUT2D eigenvalue weighted by Crippen LogP contribution is -2.30. The van der Waals surface area contributed by atoms with E-state index >= 15 is 0 Å². The van der Waals surface area contributed by atoms with Gasteiger partial charge in [0.2, 0.25) is 0 Å². The Bertz CT molecular complexity index is 401. The van der Waals surface area contributed by atoms with Crippen LogP contribution in [0, 0.1) is 11.8 Å². The van der Waals surface area contributed by atoms with Gasteiger partial charge in [0.1, 0.15) is 0 Å². The molecule has 4 nitrogen and oxygen atoms in total. The molecule has 1 aromatic rings. The Balaban J connectivity index is 1.82. The van der Waals surface area contributed by atoms with Crippen molar-refractivity contribution in [3.05, 3.63) is 12.4 Å². The summed E-state index contributed by atoms with van der Waals surface area (Å²) >= 11 is 0. The number of hydrogen-bond acceptors (Lipinski definition) is 3. The normalized spacial score (nSPS) is 26.2. The van der Waals surface area contributed by atoms with E-state index in [4.69, 9.17) is 0 Å². The smallest absolute Gasteiger partial charge is 0.0728 e. The molecule has 0 radical (unpaired) electrons. The second-order valence-electron chi connectivity index (χ2n) is 6.78. The Morgan fingerprint density at radius 2 is 1.86 bits per heavy atom. The van der Waals surface area contributed by atoms with Crippen LogP contribution in [0.4, 0.5) is 5.69 Å². The third-order valence-corrected chi connectivity index (χ3v) is 4.72. The Kier molecular flexibility index (Phi) is 6.09. The Morgan fingerprint density at radius 1 is 1.19 bits per heavy atom. The van der Waals surface area contributed by atoms with Crippen LogP contribution >= 0.6 is 0 Å². The Labute approximate surface area is 129 Å². The molecule has 21 heavy (non-hydrogen) atoms. The molecule has 1 aromatic heterocycles. The monoisotopic (exact) mass is 292 g/mol. The van der Waals surface area contributed by atoms with Gasteiger partial charge in [0.05, 0.1) is 18.4 Å². The molecule has 0 aromatic carbocycles. The highest BCUT2D eigenvalue weighted by molar-refractivity contribution is 5.39. The minimum absolute atomic E-state index is 0.615. The highest BCUT2D eigenvalue weighted by Crippen LogP contribution is 2.30. The van der Waals surface area contributed by atoms with Gasteiger partial charge in [-0.25, -0.2) is 0 Å². The molecule has 2 atom stereocenters. The van der Waals surface area contributed by atoms with Crippen molar-refractivity contribution in [2.24, 2.45) is 11.8 Å².